The lowest BCUT2D eigenvalue weighted by molar-refractivity contribution is 0.423. The minimum Gasteiger partial charge on any atom is -0.335 e. The number of para-hydroxylation sites is 1. The molecule has 3 aromatic carbocycles. The number of aromatic nitrogens is 1. The monoisotopic (exact) mass is 353 g/mol. The molecule has 1 nitrogen and oxygen atoms in total. The van der Waals surface area contributed by atoms with Gasteiger partial charge in [0.25, 0.3) is 0 Å². The van der Waals surface area contributed by atoms with Crippen LogP contribution >= 0.6 is 0 Å². The van der Waals surface area contributed by atoms with Crippen molar-refractivity contribution in [2.45, 2.75) is 52.5 Å². The number of nitrogens with zero attached hydrogens (tertiary/aromatic N) is 1. The molecule has 0 N–H and O–H groups in total. The molecule has 136 valence electrons. The minimum atomic E-state index is 0.0458. The van der Waals surface area contributed by atoms with Gasteiger partial charge in [-0.1, -0.05) is 56.3 Å². The zero-order chi connectivity index (χ0) is 18.9. The Morgan fingerprint density at radius 3 is 2.26 bits per heavy atom. The average Bonchev–Trinajstić information content (AvgIpc) is 3.16. The maximum atomic E-state index is 2.52. The predicted molar refractivity (Wildman–Crippen MR) is 117 cm³/mol. The summed E-state index contributed by atoms with van der Waals surface area (Å²) in [6, 6.07) is 20.5. The van der Waals surface area contributed by atoms with E-state index in [9.17, 15) is 0 Å². The normalized spacial score (nSPS) is 13.6. The highest BCUT2D eigenvalue weighted by molar-refractivity contribution is 6.12. The summed E-state index contributed by atoms with van der Waals surface area (Å²) in [5, 5.41) is 2.84. The van der Waals surface area contributed by atoms with Crippen LogP contribution in [0.2, 0.25) is 0 Å². The lowest BCUT2D eigenvalue weighted by Crippen LogP contribution is -2.21. The molecule has 1 aromatic heterocycles. The summed E-state index contributed by atoms with van der Waals surface area (Å²) in [4.78, 5) is 0. The van der Waals surface area contributed by atoms with E-state index in [1.165, 1.54) is 49.6 Å². The molecular weight excluding hydrogens is 326 g/mol. The van der Waals surface area contributed by atoms with E-state index in [4.69, 9.17) is 0 Å². The van der Waals surface area contributed by atoms with Gasteiger partial charge in [0.1, 0.15) is 0 Å². The van der Waals surface area contributed by atoms with Crippen LogP contribution in [0.1, 0.15) is 57.2 Å². The van der Waals surface area contributed by atoms with Crippen molar-refractivity contribution in [1.29, 1.82) is 0 Å². The van der Waals surface area contributed by atoms with Gasteiger partial charge in [0.15, 0.2) is 0 Å². The van der Waals surface area contributed by atoms with Crippen LogP contribution < -0.4 is 0 Å². The van der Waals surface area contributed by atoms with Crippen LogP contribution in [0.3, 0.4) is 0 Å². The Labute approximate surface area is 161 Å². The molecule has 5 rings (SSSR count). The average molecular weight is 354 g/mol. The molecule has 0 saturated carbocycles. The second kappa shape index (κ2) is 5.48. The molecule has 1 aliphatic carbocycles. The number of hydrogen-bond donors (Lipinski definition) is 0. The molecule has 27 heavy (non-hydrogen) atoms. The highest BCUT2D eigenvalue weighted by Gasteiger charge is 2.28. The van der Waals surface area contributed by atoms with E-state index in [0.717, 1.165) is 6.42 Å². The number of fused-ring (bicyclic) bond motifs is 7. The quantitative estimate of drug-likeness (QED) is 0.299. The van der Waals surface area contributed by atoms with Crippen molar-refractivity contribution in [3.63, 3.8) is 0 Å². The Bertz CT molecular complexity index is 1200. The third-order valence-electron chi connectivity index (χ3n) is 6.09. The van der Waals surface area contributed by atoms with Crippen molar-refractivity contribution in [2.24, 2.45) is 0 Å². The first kappa shape index (κ1) is 16.6. The Morgan fingerprint density at radius 2 is 1.52 bits per heavy atom. The maximum absolute atomic E-state index is 2.52. The van der Waals surface area contributed by atoms with Crippen LogP contribution in [0.25, 0.3) is 32.9 Å². The third kappa shape index (κ3) is 2.24. The van der Waals surface area contributed by atoms with Crippen molar-refractivity contribution in [1.82, 2.24) is 4.57 Å². The van der Waals surface area contributed by atoms with Gasteiger partial charge in [-0.3, -0.25) is 0 Å². The second-order valence-corrected chi connectivity index (χ2v) is 9.21. The zero-order valence-corrected chi connectivity index (χ0v) is 16.9. The Balaban J connectivity index is 1.90. The predicted octanol–water partition coefficient (Wildman–Crippen LogP) is 7.24. The molecule has 0 bridgehead atoms. The van der Waals surface area contributed by atoms with Crippen LogP contribution in [-0.2, 0) is 12.0 Å². The molecule has 0 unspecified atom stereocenters. The fraction of sp³-hybridized carbons (Fsp3) is 0.308. The Kier molecular flexibility index (Phi) is 3.37. The number of hydrogen-bond acceptors (Lipinski definition) is 0. The SMILES string of the molecule is CC(C)c1cccc2c1Cc1c-2ccc2c1c1ccccc1n2C(C)(C)C. The first-order valence-corrected chi connectivity index (χ1v) is 10.1. The Morgan fingerprint density at radius 1 is 0.778 bits per heavy atom. The van der Waals surface area contributed by atoms with Gasteiger partial charge >= 0.3 is 0 Å². The van der Waals surface area contributed by atoms with Crippen molar-refractivity contribution in [2.75, 3.05) is 0 Å². The van der Waals surface area contributed by atoms with Crippen molar-refractivity contribution >= 4 is 21.8 Å². The van der Waals surface area contributed by atoms with Gasteiger partial charge in [0.05, 0.1) is 0 Å². The molecule has 1 aliphatic rings. The standard InChI is InChI=1S/C26H27N/c1-16(2)17-10-8-11-18-19-13-14-24-25(22(19)15-21(17)18)20-9-6-7-12-23(20)27(24)26(3,4)5/h6-14,16H,15H2,1-5H3. The molecule has 0 amide bonds. The van der Waals surface area contributed by atoms with E-state index in [1.807, 2.05) is 0 Å². The molecule has 0 radical (unpaired) electrons. The minimum absolute atomic E-state index is 0.0458. The van der Waals surface area contributed by atoms with Gasteiger partial charge in [0.2, 0.25) is 0 Å². The summed E-state index contributed by atoms with van der Waals surface area (Å²) < 4.78 is 2.52. The van der Waals surface area contributed by atoms with E-state index >= 15 is 0 Å². The van der Waals surface area contributed by atoms with E-state index < -0.39 is 0 Å². The summed E-state index contributed by atoms with van der Waals surface area (Å²) in [5.41, 5.74) is 10.1. The molecular formula is C26H27N. The van der Waals surface area contributed by atoms with E-state index in [0.29, 0.717) is 5.92 Å². The van der Waals surface area contributed by atoms with Crippen molar-refractivity contribution < 1.29 is 0 Å². The molecule has 1 heteroatoms. The highest BCUT2D eigenvalue weighted by atomic mass is 15.0. The summed E-state index contributed by atoms with van der Waals surface area (Å²) in [7, 11) is 0. The number of rotatable bonds is 1. The van der Waals surface area contributed by atoms with Crippen LogP contribution in [0.4, 0.5) is 0 Å². The second-order valence-electron chi connectivity index (χ2n) is 9.21. The van der Waals surface area contributed by atoms with Crippen LogP contribution in [0.5, 0.6) is 0 Å². The van der Waals surface area contributed by atoms with E-state index in [-0.39, 0.29) is 5.54 Å². The Hall–Kier alpha value is -2.54. The molecule has 0 saturated heterocycles. The van der Waals surface area contributed by atoms with Crippen molar-refractivity contribution in [3.8, 4) is 11.1 Å². The summed E-state index contributed by atoms with van der Waals surface area (Å²) >= 11 is 0. The largest absolute Gasteiger partial charge is 0.335 e. The molecule has 0 spiro atoms. The summed E-state index contributed by atoms with van der Waals surface area (Å²) in [6.45, 7) is 11.5. The lowest BCUT2D eigenvalue weighted by Gasteiger charge is -2.24. The number of benzene rings is 3. The molecule has 0 fully saturated rings. The van der Waals surface area contributed by atoms with Crippen LogP contribution in [-0.4, -0.2) is 4.57 Å². The summed E-state index contributed by atoms with van der Waals surface area (Å²) in [6.07, 6.45) is 1.05. The topological polar surface area (TPSA) is 4.93 Å². The van der Waals surface area contributed by atoms with Crippen LogP contribution in [0.15, 0.2) is 54.6 Å². The molecule has 0 aliphatic heterocycles. The first-order chi connectivity index (χ1) is 12.9. The maximum Gasteiger partial charge on any atom is 0.0499 e. The van der Waals surface area contributed by atoms with Crippen molar-refractivity contribution in [3.05, 3.63) is 71.3 Å². The molecule has 4 aromatic rings. The van der Waals surface area contributed by atoms with Crippen LogP contribution in [0, 0.1) is 0 Å². The zero-order valence-electron chi connectivity index (χ0n) is 16.9. The fourth-order valence-corrected chi connectivity index (χ4v) is 5.06. The van der Waals surface area contributed by atoms with Gasteiger partial charge < -0.3 is 4.57 Å². The fourth-order valence-electron chi connectivity index (χ4n) is 5.06. The van der Waals surface area contributed by atoms with E-state index in [2.05, 4.69) is 93.8 Å². The van der Waals surface area contributed by atoms with Gasteiger partial charge in [-0.15, -0.1) is 0 Å². The third-order valence-corrected chi connectivity index (χ3v) is 6.09. The van der Waals surface area contributed by atoms with Gasteiger partial charge in [-0.25, -0.2) is 0 Å². The van der Waals surface area contributed by atoms with E-state index in [1.54, 1.807) is 0 Å². The van der Waals surface area contributed by atoms with Gasteiger partial charge in [-0.2, -0.15) is 0 Å². The lowest BCUT2D eigenvalue weighted by atomic mass is 9.94. The highest BCUT2D eigenvalue weighted by Crippen LogP contribution is 2.46. The summed E-state index contributed by atoms with van der Waals surface area (Å²) in [5.74, 6) is 0.556. The van der Waals surface area contributed by atoms with Gasteiger partial charge in [0, 0.05) is 27.3 Å². The first-order valence-electron chi connectivity index (χ1n) is 10.1. The smallest absolute Gasteiger partial charge is 0.0499 e. The van der Waals surface area contributed by atoms with Gasteiger partial charge in [-0.05, 0) is 73.1 Å². The molecule has 0 atom stereocenters. The molecule has 1 heterocycles.